The molecule has 0 saturated carbocycles. The summed E-state index contributed by atoms with van der Waals surface area (Å²) in [6.45, 7) is 11.1. The van der Waals surface area contributed by atoms with Crippen LogP contribution >= 0.6 is 0 Å². The molecule has 26 heavy (non-hydrogen) atoms. The van der Waals surface area contributed by atoms with Crippen LogP contribution in [0.5, 0.6) is 0 Å². The quantitative estimate of drug-likeness (QED) is 0.404. The summed E-state index contributed by atoms with van der Waals surface area (Å²) in [7, 11) is 1.82. The number of piperidine rings is 1. The Kier molecular flexibility index (Phi) is 9.50. The van der Waals surface area contributed by atoms with Gasteiger partial charge in [-0.25, -0.2) is 0 Å². The molecule has 1 aromatic rings. The van der Waals surface area contributed by atoms with Crippen LogP contribution in [0.3, 0.4) is 0 Å². The van der Waals surface area contributed by atoms with E-state index >= 15 is 0 Å². The smallest absolute Gasteiger partial charge is 0.191 e. The maximum absolute atomic E-state index is 5.37. The number of hydrogen-bond donors (Lipinski definition) is 2. The number of benzene rings is 1. The van der Waals surface area contributed by atoms with Crippen LogP contribution in [0.25, 0.3) is 0 Å². The highest BCUT2D eigenvalue weighted by Gasteiger charge is 2.17. The zero-order valence-electron chi connectivity index (χ0n) is 16.8. The minimum Gasteiger partial charge on any atom is -0.382 e. The van der Waals surface area contributed by atoms with Crippen molar-refractivity contribution >= 4 is 5.96 Å². The molecular weight excluding hydrogens is 324 g/mol. The summed E-state index contributed by atoms with van der Waals surface area (Å²) in [4.78, 5) is 6.91. The molecule has 1 heterocycles. The zero-order valence-corrected chi connectivity index (χ0v) is 16.8. The molecule has 2 rings (SSSR count). The van der Waals surface area contributed by atoms with E-state index in [0.29, 0.717) is 0 Å². The first-order valence-corrected chi connectivity index (χ1v) is 10.0. The normalized spacial score (nSPS) is 18.7. The average molecular weight is 361 g/mol. The standard InChI is InChI=1S/C21H36N4O/c1-4-26-14-8-12-23-21(22-3)24-15-19-10-5-6-11-20(19)17-25-13-7-9-18(2)16-25/h5-6,10-11,18H,4,7-9,12-17H2,1-3H3,(H2,22,23,24). The fourth-order valence-corrected chi connectivity index (χ4v) is 3.48. The third kappa shape index (κ3) is 7.34. The molecule has 0 aliphatic carbocycles. The molecule has 2 N–H and O–H groups in total. The van der Waals surface area contributed by atoms with Crippen molar-refractivity contribution in [3.8, 4) is 0 Å². The molecule has 1 unspecified atom stereocenters. The van der Waals surface area contributed by atoms with Gasteiger partial charge in [0.1, 0.15) is 0 Å². The van der Waals surface area contributed by atoms with Gasteiger partial charge in [0.15, 0.2) is 5.96 Å². The second-order valence-electron chi connectivity index (χ2n) is 7.15. The van der Waals surface area contributed by atoms with Crippen molar-refractivity contribution in [2.24, 2.45) is 10.9 Å². The van der Waals surface area contributed by atoms with E-state index in [-0.39, 0.29) is 0 Å². The Labute approximate surface area is 159 Å². The molecule has 0 spiro atoms. The molecule has 0 amide bonds. The molecule has 5 heteroatoms. The number of hydrogen-bond acceptors (Lipinski definition) is 3. The fourth-order valence-electron chi connectivity index (χ4n) is 3.48. The maximum atomic E-state index is 5.37. The highest BCUT2D eigenvalue weighted by atomic mass is 16.5. The molecule has 1 aliphatic rings. The van der Waals surface area contributed by atoms with E-state index < -0.39 is 0 Å². The van der Waals surface area contributed by atoms with Gasteiger partial charge in [0, 0.05) is 46.4 Å². The van der Waals surface area contributed by atoms with Crippen LogP contribution in [0.2, 0.25) is 0 Å². The lowest BCUT2D eigenvalue weighted by Crippen LogP contribution is -2.38. The van der Waals surface area contributed by atoms with Crippen LogP contribution in [-0.2, 0) is 17.8 Å². The third-order valence-corrected chi connectivity index (χ3v) is 4.89. The molecule has 1 saturated heterocycles. The molecule has 146 valence electrons. The zero-order chi connectivity index (χ0) is 18.6. The van der Waals surface area contributed by atoms with Crippen LogP contribution in [-0.4, -0.2) is 50.8 Å². The van der Waals surface area contributed by atoms with Crippen LogP contribution in [0.1, 0.15) is 44.2 Å². The predicted octanol–water partition coefficient (Wildman–Crippen LogP) is 3.01. The monoisotopic (exact) mass is 360 g/mol. The largest absolute Gasteiger partial charge is 0.382 e. The molecule has 0 radical (unpaired) electrons. The Morgan fingerprint density at radius 2 is 2.08 bits per heavy atom. The highest BCUT2D eigenvalue weighted by Crippen LogP contribution is 2.19. The van der Waals surface area contributed by atoms with Crippen molar-refractivity contribution in [3.63, 3.8) is 0 Å². The van der Waals surface area contributed by atoms with Crippen molar-refractivity contribution in [1.29, 1.82) is 0 Å². The van der Waals surface area contributed by atoms with E-state index in [1.54, 1.807) is 0 Å². The first kappa shape index (κ1) is 20.7. The van der Waals surface area contributed by atoms with E-state index in [9.17, 15) is 0 Å². The molecular formula is C21H36N4O. The second kappa shape index (κ2) is 11.9. The number of nitrogens with one attached hydrogen (secondary N) is 2. The van der Waals surface area contributed by atoms with E-state index in [2.05, 4.69) is 51.7 Å². The van der Waals surface area contributed by atoms with Crippen molar-refractivity contribution in [3.05, 3.63) is 35.4 Å². The minimum atomic E-state index is 0.777. The number of likely N-dealkylation sites (tertiary alicyclic amines) is 1. The van der Waals surface area contributed by atoms with E-state index in [0.717, 1.165) is 51.1 Å². The minimum absolute atomic E-state index is 0.777. The first-order chi connectivity index (χ1) is 12.7. The average Bonchev–Trinajstić information content (AvgIpc) is 2.65. The third-order valence-electron chi connectivity index (χ3n) is 4.89. The van der Waals surface area contributed by atoms with Gasteiger partial charge in [0.2, 0.25) is 0 Å². The summed E-state index contributed by atoms with van der Waals surface area (Å²) >= 11 is 0. The summed E-state index contributed by atoms with van der Waals surface area (Å²) in [6, 6.07) is 8.75. The number of aliphatic imine (C=N–C) groups is 1. The topological polar surface area (TPSA) is 48.9 Å². The van der Waals surface area contributed by atoms with E-state index in [4.69, 9.17) is 4.74 Å². The molecule has 1 atom stereocenters. The van der Waals surface area contributed by atoms with Gasteiger partial charge in [-0.2, -0.15) is 0 Å². The summed E-state index contributed by atoms with van der Waals surface area (Å²) in [6.07, 6.45) is 3.67. The Hall–Kier alpha value is -1.59. The second-order valence-corrected chi connectivity index (χ2v) is 7.15. The summed E-state index contributed by atoms with van der Waals surface area (Å²) in [5.41, 5.74) is 2.77. The SMILES string of the molecule is CCOCCCNC(=NC)NCc1ccccc1CN1CCCC(C)C1. The van der Waals surface area contributed by atoms with Gasteiger partial charge < -0.3 is 15.4 Å². The van der Waals surface area contributed by atoms with Crippen LogP contribution in [0.15, 0.2) is 29.3 Å². The lowest BCUT2D eigenvalue weighted by Gasteiger charge is -2.31. The highest BCUT2D eigenvalue weighted by molar-refractivity contribution is 5.79. The Morgan fingerprint density at radius 3 is 2.81 bits per heavy atom. The summed E-state index contributed by atoms with van der Waals surface area (Å²) in [5, 5.41) is 6.80. The van der Waals surface area contributed by atoms with Crippen LogP contribution in [0.4, 0.5) is 0 Å². The van der Waals surface area contributed by atoms with E-state index in [1.165, 1.54) is 37.1 Å². The molecule has 1 aliphatic heterocycles. The van der Waals surface area contributed by atoms with Gasteiger partial charge in [0.25, 0.3) is 0 Å². The lowest BCUT2D eigenvalue weighted by molar-refractivity contribution is 0.145. The van der Waals surface area contributed by atoms with Crippen molar-refractivity contribution < 1.29 is 4.74 Å². The van der Waals surface area contributed by atoms with Gasteiger partial charge >= 0.3 is 0 Å². The molecule has 5 nitrogen and oxygen atoms in total. The maximum Gasteiger partial charge on any atom is 0.191 e. The van der Waals surface area contributed by atoms with Crippen LogP contribution < -0.4 is 10.6 Å². The Balaban J connectivity index is 1.82. The fraction of sp³-hybridized carbons (Fsp3) is 0.667. The molecule has 0 aromatic heterocycles. The number of guanidine groups is 1. The lowest BCUT2D eigenvalue weighted by atomic mass is 9.99. The van der Waals surface area contributed by atoms with Crippen LogP contribution in [0, 0.1) is 5.92 Å². The van der Waals surface area contributed by atoms with Gasteiger partial charge in [-0.15, -0.1) is 0 Å². The Morgan fingerprint density at radius 1 is 1.27 bits per heavy atom. The molecule has 1 fully saturated rings. The van der Waals surface area contributed by atoms with Gasteiger partial charge in [-0.1, -0.05) is 31.2 Å². The molecule has 0 bridgehead atoms. The van der Waals surface area contributed by atoms with Crippen molar-refractivity contribution in [1.82, 2.24) is 15.5 Å². The number of ether oxygens (including phenoxy) is 1. The predicted molar refractivity (Wildman–Crippen MR) is 109 cm³/mol. The van der Waals surface area contributed by atoms with E-state index in [1.807, 2.05) is 14.0 Å². The number of rotatable bonds is 9. The Bertz CT molecular complexity index is 547. The number of nitrogens with zero attached hydrogens (tertiary/aromatic N) is 2. The van der Waals surface area contributed by atoms with Crippen molar-refractivity contribution in [2.45, 2.75) is 46.2 Å². The van der Waals surface area contributed by atoms with Gasteiger partial charge in [-0.05, 0) is 49.8 Å². The van der Waals surface area contributed by atoms with Gasteiger partial charge in [0.05, 0.1) is 0 Å². The summed E-state index contributed by atoms with van der Waals surface area (Å²) < 4.78 is 5.37. The van der Waals surface area contributed by atoms with Crippen molar-refractivity contribution in [2.75, 3.05) is 39.9 Å². The van der Waals surface area contributed by atoms with Gasteiger partial charge in [-0.3, -0.25) is 9.89 Å². The summed E-state index contributed by atoms with van der Waals surface area (Å²) in [5.74, 6) is 1.66. The first-order valence-electron chi connectivity index (χ1n) is 10.0. The molecule has 1 aromatic carbocycles.